The molecule has 16 heteroatoms. The fourth-order valence-corrected chi connectivity index (χ4v) is 7.34. The summed E-state index contributed by atoms with van der Waals surface area (Å²) in [6, 6.07) is -1.82. The van der Waals surface area contributed by atoms with Crippen LogP contribution in [0, 0.1) is 11.8 Å². The monoisotopic (exact) mass is 549 g/mol. The largest absolute Gasteiger partial charge is 0.477 e. The van der Waals surface area contributed by atoms with Crippen molar-refractivity contribution in [1.29, 1.82) is 0 Å². The van der Waals surface area contributed by atoms with Crippen molar-refractivity contribution in [1.82, 2.24) is 40.6 Å². The third-order valence-electron chi connectivity index (χ3n) is 7.74. The van der Waals surface area contributed by atoms with E-state index in [0.29, 0.717) is 24.4 Å². The molecule has 3 saturated heterocycles. The summed E-state index contributed by atoms with van der Waals surface area (Å²) in [5.41, 5.74) is 5.81. The lowest BCUT2D eigenvalue weighted by Crippen LogP contribution is -2.66. The van der Waals surface area contributed by atoms with E-state index < -0.39 is 36.1 Å². The van der Waals surface area contributed by atoms with Gasteiger partial charge in [0.05, 0.1) is 24.1 Å². The Morgan fingerprint density at radius 3 is 2.74 bits per heavy atom. The number of nitrogens with zero attached hydrogens (tertiary/aromatic N) is 6. The van der Waals surface area contributed by atoms with Crippen molar-refractivity contribution >= 4 is 35.5 Å². The third kappa shape index (κ3) is 4.65. The molecule has 38 heavy (non-hydrogen) atoms. The number of nitrogens with two attached hydrogens (primary N) is 1. The summed E-state index contributed by atoms with van der Waals surface area (Å²) in [6.07, 6.45) is 1.06. The second-order valence-electron chi connectivity index (χ2n) is 10.3. The molecular weight excluding hydrogens is 518 g/mol. The van der Waals surface area contributed by atoms with Gasteiger partial charge in [0.25, 0.3) is 0 Å². The number of aliphatic hydroxyl groups excluding tert-OH is 1. The van der Waals surface area contributed by atoms with E-state index in [-0.39, 0.29) is 53.7 Å². The molecule has 4 aliphatic heterocycles. The number of hydrogen-bond acceptors (Lipinski definition) is 11. The van der Waals surface area contributed by atoms with Gasteiger partial charge in [0, 0.05) is 47.8 Å². The Balaban J connectivity index is 1.23. The number of tetrazole rings is 1. The Bertz CT molecular complexity index is 1150. The Morgan fingerprint density at radius 2 is 2.11 bits per heavy atom. The van der Waals surface area contributed by atoms with Crippen LogP contribution >= 0.6 is 11.8 Å². The van der Waals surface area contributed by atoms with E-state index in [0.717, 1.165) is 0 Å². The number of aliphatic hydroxyl groups is 1. The number of carbonyl (C=O) groups is 4. The quantitative estimate of drug-likeness (QED) is 0.205. The van der Waals surface area contributed by atoms with Gasteiger partial charge in [-0.15, -0.1) is 16.9 Å². The highest BCUT2D eigenvalue weighted by Crippen LogP contribution is 2.51. The first-order valence-electron chi connectivity index (χ1n) is 12.5. The number of β-amino-alcohol motifs (C(OH)–C–C–N with tert-alkyl or cyclic N) is 1. The fraction of sp³-hybridized carbons (Fsp3) is 0.682. The Labute approximate surface area is 222 Å². The predicted molar refractivity (Wildman–Crippen MR) is 132 cm³/mol. The van der Waals surface area contributed by atoms with Crippen molar-refractivity contribution < 1.29 is 29.4 Å². The molecule has 0 radical (unpaired) electrons. The first-order valence-corrected chi connectivity index (χ1v) is 13.4. The van der Waals surface area contributed by atoms with Gasteiger partial charge in [-0.25, -0.2) is 9.48 Å². The number of β-lactam (4-membered cyclic amide) rings is 1. The molecule has 5 heterocycles. The highest BCUT2D eigenvalue weighted by Gasteiger charge is 2.60. The van der Waals surface area contributed by atoms with Gasteiger partial charge < -0.3 is 36.4 Å². The lowest BCUT2D eigenvalue weighted by atomic mass is 9.78. The maximum Gasteiger partial charge on any atom is 0.353 e. The summed E-state index contributed by atoms with van der Waals surface area (Å²) < 4.78 is 1.27. The summed E-state index contributed by atoms with van der Waals surface area (Å²) in [5.74, 6) is -2.83. The lowest BCUT2D eigenvalue weighted by Gasteiger charge is -2.47. The first-order chi connectivity index (χ1) is 18.1. The normalized spacial score (nSPS) is 33.4. The zero-order valence-corrected chi connectivity index (χ0v) is 21.7. The second kappa shape index (κ2) is 10.2. The van der Waals surface area contributed by atoms with E-state index in [1.165, 1.54) is 27.7 Å². The molecular formula is C22H31N9O6S. The van der Waals surface area contributed by atoms with Crippen molar-refractivity contribution in [3.63, 3.8) is 0 Å². The summed E-state index contributed by atoms with van der Waals surface area (Å²) in [4.78, 5) is 54.2. The maximum atomic E-state index is 13.1. The van der Waals surface area contributed by atoms with Crippen LogP contribution in [-0.2, 0) is 25.7 Å². The average molecular weight is 550 g/mol. The van der Waals surface area contributed by atoms with Crippen LogP contribution in [-0.4, -0.2) is 119 Å². The smallest absolute Gasteiger partial charge is 0.353 e. The van der Waals surface area contributed by atoms with Gasteiger partial charge in [0.2, 0.25) is 17.7 Å². The first kappa shape index (κ1) is 26.5. The summed E-state index contributed by atoms with van der Waals surface area (Å²) in [7, 11) is 0. The molecule has 6 N–H and O–H groups in total. The van der Waals surface area contributed by atoms with E-state index in [2.05, 4.69) is 26.2 Å². The molecule has 0 aliphatic carbocycles. The van der Waals surface area contributed by atoms with Crippen molar-refractivity contribution in [2.45, 2.75) is 62.3 Å². The zero-order valence-electron chi connectivity index (χ0n) is 20.9. The minimum Gasteiger partial charge on any atom is -0.477 e. The fourth-order valence-electron chi connectivity index (χ4n) is 5.86. The molecule has 0 bridgehead atoms. The van der Waals surface area contributed by atoms with Crippen LogP contribution in [0.5, 0.6) is 0 Å². The Morgan fingerprint density at radius 1 is 1.34 bits per heavy atom. The maximum absolute atomic E-state index is 13.1. The molecule has 8 atom stereocenters. The van der Waals surface area contributed by atoms with Crippen molar-refractivity contribution in [3.8, 4) is 0 Å². The number of nitrogens with one attached hydrogen (secondary N) is 2. The van der Waals surface area contributed by atoms with Crippen LogP contribution in [0.4, 0.5) is 0 Å². The molecule has 1 unspecified atom stereocenters. The molecule has 0 saturated carbocycles. The molecule has 0 aromatic carbocycles. The van der Waals surface area contributed by atoms with Crippen LogP contribution < -0.4 is 16.4 Å². The number of hydrogen-bond donors (Lipinski definition) is 5. The van der Waals surface area contributed by atoms with Crippen LogP contribution in [0.25, 0.3) is 0 Å². The summed E-state index contributed by atoms with van der Waals surface area (Å²) in [5, 5.41) is 36.5. The van der Waals surface area contributed by atoms with Crippen LogP contribution in [0.2, 0.25) is 0 Å². The average Bonchev–Trinajstić information content (AvgIpc) is 3.63. The number of carboxylic acid groups (broad SMARTS) is 1. The van der Waals surface area contributed by atoms with E-state index in [1.54, 1.807) is 11.8 Å². The Hall–Kier alpha value is -3.08. The van der Waals surface area contributed by atoms with Gasteiger partial charge in [-0.2, -0.15) is 0 Å². The number of fused-ring (bicyclic) bond motifs is 1. The standard InChI is InChI=1S/C22H31N9O6S/c1-9-17-16(10(2)26-15(33)7-30-8-25-27-28-30)21(35)31(17)18(22(36)37)19(9)38-11-3-13(24-4-11)20(34)29-5-12(23)14(32)6-29/h8-14,16-17,24,32H,3-7,23H2,1-2H3,(H,26,33)(H,36,37)/t9-,10?,11+,12-,13+,14+,16-,17-/m1/s1. The van der Waals surface area contributed by atoms with Gasteiger partial charge in [-0.1, -0.05) is 6.92 Å². The molecule has 206 valence electrons. The van der Waals surface area contributed by atoms with E-state index in [4.69, 9.17) is 5.73 Å². The summed E-state index contributed by atoms with van der Waals surface area (Å²) in [6.45, 7) is 4.52. The molecule has 15 nitrogen and oxygen atoms in total. The third-order valence-corrected chi connectivity index (χ3v) is 9.25. The number of likely N-dealkylation sites (tertiary alicyclic amines) is 1. The van der Waals surface area contributed by atoms with E-state index in [9.17, 15) is 29.4 Å². The number of carbonyl (C=O) groups excluding carboxylic acids is 3. The number of carboxylic acids is 1. The SMILES string of the molecule is CC(NC(=O)Cn1cnnn1)[C@H]1C(=O)N2C(C(=O)O)=C(S[C@@H]3CN[C@H](C(=O)N4C[C@@H](N)[C@@H](O)C4)C3)[C@H](C)[C@H]12. The van der Waals surface area contributed by atoms with Crippen molar-refractivity contribution in [2.24, 2.45) is 17.6 Å². The number of amides is 3. The minimum absolute atomic E-state index is 0.0237. The van der Waals surface area contributed by atoms with Gasteiger partial charge in [-0.3, -0.25) is 14.4 Å². The van der Waals surface area contributed by atoms with Gasteiger partial charge in [-0.05, 0) is 23.8 Å². The molecule has 4 aliphatic rings. The second-order valence-corrected chi connectivity index (χ2v) is 11.6. The molecule has 3 fully saturated rings. The van der Waals surface area contributed by atoms with Crippen LogP contribution in [0.15, 0.2) is 16.9 Å². The van der Waals surface area contributed by atoms with Crippen LogP contribution in [0.1, 0.15) is 20.3 Å². The van der Waals surface area contributed by atoms with Gasteiger partial charge in [0.1, 0.15) is 18.6 Å². The topological polar surface area (TPSA) is 209 Å². The minimum atomic E-state index is -1.18. The van der Waals surface area contributed by atoms with Gasteiger partial charge in [0.15, 0.2) is 0 Å². The number of aliphatic carboxylic acids is 1. The highest BCUT2D eigenvalue weighted by atomic mass is 32.2. The van der Waals surface area contributed by atoms with E-state index in [1.807, 2.05) is 6.92 Å². The van der Waals surface area contributed by atoms with Crippen molar-refractivity contribution in [3.05, 3.63) is 16.9 Å². The lowest BCUT2D eigenvalue weighted by molar-refractivity contribution is -0.158. The Kier molecular flexibility index (Phi) is 7.15. The summed E-state index contributed by atoms with van der Waals surface area (Å²) >= 11 is 1.39. The van der Waals surface area contributed by atoms with Crippen molar-refractivity contribution in [2.75, 3.05) is 19.6 Å². The molecule has 1 aromatic heterocycles. The predicted octanol–water partition coefficient (Wildman–Crippen LogP) is -3.06. The number of thioether (sulfide) groups is 1. The molecule has 3 amide bonds. The van der Waals surface area contributed by atoms with E-state index >= 15 is 0 Å². The van der Waals surface area contributed by atoms with Gasteiger partial charge >= 0.3 is 5.97 Å². The molecule has 0 spiro atoms. The van der Waals surface area contributed by atoms with Crippen LogP contribution in [0.3, 0.4) is 0 Å². The number of aromatic nitrogens is 4. The zero-order chi connectivity index (χ0) is 27.3. The molecule has 1 aromatic rings. The highest BCUT2D eigenvalue weighted by molar-refractivity contribution is 8.03. The number of rotatable bonds is 8. The molecule has 5 rings (SSSR count).